The molecule has 0 aromatic carbocycles. The molecule has 0 aromatic heterocycles. The van der Waals surface area contributed by atoms with Gasteiger partial charge in [-0.25, -0.2) is 4.79 Å². The first kappa shape index (κ1) is 9.52. The summed E-state index contributed by atoms with van der Waals surface area (Å²) in [5, 5.41) is 8.39. The van der Waals surface area contributed by atoms with Crippen molar-refractivity contribution in [2.45, 2.75) is 0 Å². The predicted octanol–water partition coefficient (Wildman–Crippen LogP) is 0.809. The molecule has 0 spiro atoms. The summed E-state index contributed by atoms with van der Waals surface area (Å²) in [7, 11) is 1.51. The van der Waals surface area contributed by atoms with Gasteiger partial charge in [0.15, 0.2) is 0 Å². The van der Waals surface area contributed by atoms with Gasteiger partial charge in [0.05, 0.1) is 12.6 Å². The van der Waals surface area contributed by atoms with E-state index < -0.39 is 6.09 Å². The van der Waals surface area contributed by atoms with E-state index in [1.54, 1.807) is 0 Å². The second-order valence-electron chi connectivity index (χ2n) is 1.66. The average Bonchev–Trinajstić information content (AvgIpc) is 1.89. The van der Waals surface area contributed by atoms with Crippen LogP contribution in [-0.2, 0) is 4.74 Å². The standard InChI is InChI=1S/C5H10ClNO3/c1-10-3-2-7(4-6)5(8)9/h2-4H2,1H3,(H,8,9). The van der Waals surface area contributed by atoms with Crippen molar-refractivity contribution in [3.05, 3.63) is 0 Å². The Morgan fingerprint density at radius 3 is 2.70 bits per heavy atom. The smallest absolute Gasteiger partial charge is 0.408 e. The molecule has 0 fully saturated rings. The van der Waals surface area contributed by atoms with Gasteiger partial charge in [-0.05, 0) is 0 Å². The van der Waals surface area contributed by atoms with Gasteiger partial charge in [0.25, 0.3) is 0 Å². The van der Waals surface area contributed by atoms with Gasteiger partial charge in [0, 0.05) is 13.7 Å². The number of hydrogen-bond donors (Lipinski definition) is 1. The van der Waals surface area contributed by atoms with E-state index in [2.05, 4.69) is 4.74 Å². The second-order valence-corrected chi connectivity index (χ2v) is 1.90. The fourth-order valence-corrected chi connectivity index (χ4v) is 0.630. The summed E-state index contributed by atoms with van der Waals surface area (Å²) in [5.41, 5.74) is 0. The summed E-state index contributed by atoms with van der Waals surface area (Å²) in [5.74, 6) is 0. The monoisotopic (exact) mass is 167 g/mol. The fraction of sp³-hybridized carbons (Fsp3) is 0.800. The summed E-state index contributed by atoms with van der Waals surface area (Å²) >= 11 is 5.29. The van der Waals surface area contributed by atoms with Gasteiger partial charge in [-0.1, -0.05) is 0 Å². The minimum atomic E-state index is -1.02. The zero-order valence-electron chi connectivity index (χ0n) is 5.71. The molecule has 0 aromatic rings. The Bertz CT molecular complexity index is 109. The van der Waals surface area contributed by atoms with E-state index in [1.165, 1.54) is 7.11 Å². The van der Waals surface area contributed by atoms with Crippen LogP contribution in [0.5, 0.6) is 0 Å². The average molecular weight is 168 g/mol. The van der Waals surface area contributed by atoms with E-state index in [9.17, 15) is 4.79 Å². The molecule has 4 nitrogen and oxygen atoms in total. The van der Waals surface area contributed by atoms with E-state index in [0.717, 1.165) is 4.90 Å². The minimum absolute atomic E-state index is 0.0152. The normalized spacial score (nSPS) is 9.40. The van der Waals surface area contributed by atoms with Gasteiger partial charge in [-0.2, -0.15) is 0 Å². The first-order valence-electron chi connectivity index (χ1n) is 2.75. The van der Waals surface area contributed by atoms with Crippen LogP contribution < -0.4 is 0 Å². The van der Waals surface area contributed by atoms with E-state index in [0.29, 0.717) is 13.2 Å². The number of nitrogens with zero attached hydrogens (tertiary/aromatic N) is 1. The molecular weight excluding hydrogens is 158 g/mol. The third-order valence-electron chi connectivity index (χ3n) is 0.980. The molecule has 5 heteroatoms. The van der Waals surface area contributed by atoms with Crippen molar-refractivity contribution in [2.75, 3.05) is 26.3 Å². The van der Waals surface area contributed by atoms with Crippen molar-refractivity contribution >= 4 is 17.7 Å². The highest BCUT2D eigenvalue weighted by Crippen LogP contribution is 1.91. The largest absolute Gasteiger partial charge is 0.465 e. The first-order valence-corrected chi connectivity index (χ1v) is 3.28. The van der Waals surface area contributed by atoms with E-state index in [4.69, 9.17) is 16.7 Å². The maximum atomic E-state index is 10.2. The zero-order chi connectivity index (χ0) is 7.98. The minimum Gasteiger partial charge on any atom is -0.465 e. The maximum Gasteiger partial charge on any atom is 0.408 e. The van der Waals surface area contributed by atoms with Gasteiger partial charge < -0.3 is 9.84 Å². The van der Waals surface area contributed by atoms with Crippen molar-refractivity contribution < 1.29 is 14.6 Å². The van der Waals surface area contributed by atoms with Gasteiger partial charge in [-0.15, -0.1) is 11.6 Å². The summed E-state index contributed by atoms with van der Waals surface area (Å²) in [6, 6.07) is -0.0152. The van der Waals surface area contributed by atoms with Crippen LogP contribution in [0.2, 0.25) is 0 Å². The Morgan fingerprint density at radius 2 is 2.40 bits per heavy atom. The van der Waals surface area contributed by atoms with Crippen LogP contribution in [0.3, 0.4) is 0 Å². The SMILES string of the molecule is COCCN(CCl)C(=O)O. The molecule has 0 saturated heterocycles. The lowest BCUT2D eigenvalue weighted by molar-refractivity contribution is 0.127. The third-order valence-corrected chi connectivity index (χ3v) is 1.27. The highest BCUT2D eigenvalue weighted by Gasteiger charge is 2.07. The fourth-order valence-electron chi connectivity index (χ4n) is 0.408. The number of amides is 1. The number of hydrogen-bond acceptors (Lipinski definition) is 2. The van der Waals surface area contributed by atoms with Gasteiger partial charge >= 0.3 is 6.09 Å². The molecule has 0 saturated carbocycles. The molecule has 60 valence electrons. The molecule has 0 aliphatic carbocycles. The molecule has 0 heterocycles. The summed E-state index contributed by atoms with van der Waals surface area (Å²) in [4.78, 5) is 11.3. The van der Waals surface area contributed by atoms with Crippen molar-refractivity contribution in [3.63, 3.8) is 0 Å². The number of ether oxygens (including phenoxy) is 1. The van der Waals surface area contributed by atoms with Crippen LogP contribution >= 0.6 is 11.6 Å². The Labute approximate surface area is 64.3 Å². The van der Waals surface area contributed by atoms with Crippen molar-refractivity contribution in [3.8, 4) is 0 Å². The zero-order valence-corrected chi connectivity index (χ0v) is 6.47. The molecule has 1 N–H and O–H groups in total. The maximum absolute atomic E-state index is 10.2. The molecule has 0 radical (unpaired) electrons. The van der Waals surface area contributed by atoms with Crippen LogP contribution in [-0.4, -0.2) is 42.4 Å². The number of halogens is 1. The summed E-state index contributed by atoms with van der Waals surface area (Å²) in [6.45, 7) is 0.689. The Balaban J connectivity index is 3.50. The predicted molar refractivity (Wildman–Crippen MR) is 37.3 cm³/mol. The van der Waals surface area contributed by atoms with Crippen LogP contribution in [0, 0.1) is 0 Å². The number of carboxylic acid groups (broad SMARTS) is 1. The Morgan fingerprint density at radius 1 is 1.80 bits per heavy atom. The van der Waals surface area contributed by atoms with Crippen LogP contribution in [0.15, 0.2) is 0 Å². The quantitative estimate of drug-likeness (QED) is 0.498. The molecule has 0 atom stereocenters. The first-order chi connectivity index (χ1) is 4.72. The molecule has 0 bridgehead atoms. The van der Waals surface area contributed by atoms with Crippen LogP contribution in [0.25, 0.3) is 0 Å². The molecule has 0 aliphatic heterocycles. The number of alkyl halides is 1. The van der Waals surface area contributed by atoms with Gasteiger partial charge in [0.1, 0.15) is 0 Å². The number of methoxy groups -OCH3 is 1. The topological polar surface area (TPSA) is 49.8 Å². The molecular formula is C5H10ClNO3. The lowest BCUT2D eigenvalue weighted by atomic mass is 10.6. The van der Waals surface area contributed by atoms with Crippen molar-refractivity contribution in [1.29, 1.82) is 0 Å². The molecule has 10 heavy (non-hydrogen) atoms. The lowest BCUT2D eigenvalue weighted by Crippen LogP contribution is -2.31. The number of rotatable bonds is 4. The van der Waals surface area contributed by atoms with Gasteiger partial charge in [-0.3, -0.25) is 4.90 Å². The Kier molecular flexibility index (Phi) is 5.06. The number of carbonyl (C=O) groups is 1. The highest BCUT2D eigenvalue weighted by atomic mass is 35.5. The molecule has 1 amide bonds. The molecule has 0 aliphatic rings. The van der Waals surface area contributed by atoms with Crippen molar-refractivity contribution in [1.82, 2.24) is 4.90 Å². The van der Waals surface area contributed by atoms with Crippen LogP contribution in [0.1, 0.15) is 0 Å². The molecule has 0 rings (SSSR count). The lowest BCUT2D eigenvalue weighted by Gasteiger charge is -2.13. The van der Waals surface area contributed by atoms with Crippen LogP contribution in [0.4, 0.5) is 4.79 Å². The molecule has 0 unspecified atom stereocenters. The second kappa shape index (κ2) is 5.32. The third kappa shape index (κ3) is 3.53. The van der Waals surface area contributed by atoms with Crippen molar-refractivity contribution in [2.24, 2.45) is 0 Å². The summed E-state index contributed by atoms with van der Waals surface area (Å²) < 4.78 is 4.66. The Hall–Kier alpha value is -0.480. The van der Waals surface area contributed by atoms with E-state index in [-0.39, 0.29) is 6.00 Å². The van der Waals surface area contributed by atoms with Gasteiger partial charge in [0.2, 0.25) is 0 Å². The summed E-state index contributed by atoms with van der Waals surface area (Å²) in [6.07, 6.45) is -1.02. The van der Waals surface area contributed by atoms with E-state index in [1.807, 2.05) is 0 Å². The highest BCUT2D eigenvalue weighted by molar-refractivity contribution is 6.18. The van der Waals surface area contributed by atoms with E-state index >= 15 is 0 Å².